The van der Waals surface area contributed by atoms with Crippen molar-refractivity contribution >= 4 is 22.2 Å². The Kier molecular flexibility index (Phi) is 2.14. The smallest absolute Gasteiger partial charge is 0.296 e. The Bertz CT molecular complexity index is 892. The number of nitrogens with zero attached hydrogens (tertiary/aromatic N) is 2. The molecule has 1 aliphatic heterocycles. The summed E-state index contributed by atoms with van der Waals surface area (Å²) in [6.07, 6.45) is 0.423. The number of ketones is 1. The van der Waals surface area contributed by atoms with Crippen molar-refractivity contribution in [2.75, 3.05) is 5.32 Å². The van der Waals surface area contributed by atoms with Crippen LogP contribution in [0.5, 0.6) is 0 Å². The van der Waals surface area contributed by atoms with E-state index in [1.807, 2.05) is 13.8 Å². The largest absolute Gasteiger partial charge is 0.371 e. The fourth-order valence-electron chi connectivity index (χ4n) is 3.30. The van der Waals surface area contributed by atoms with Crippen LogP contribution in [-0.4, -0.2) is 16.0 Å². The molecular formula is C15H12FN3O2. The summed E-state index contributed by atoms with van der Waals surface area (Å²) >= 11 is 0. The predicted molar refractivity (Wildman–Crippen MR) is 74.6 cm³/mol. The molecule has 5 nitrogen and oxygen atoms in total. The number of carbonyl (C=O) groups excluding carboxylic acids is 1. The zero-order valence-corrected chi connectivity index (χ0v) is 11.5. The van der Waals surface area contributed by atoms with Crippen LogP contribution in [0, 0.1) is 11.2 Å². The van der Waals surface area contributed by atoms with Crippen LogP contribution in [0.15, 0.2) is 16.9 Å². The molecule has 21 heavy (non-hydrogen) atoms. The summed E-state index contributed by atoms with van der Waals surface area (Å²) in [5, 5.41) is 11.5. The molecule has 0 bridgehead atoms. The summed E-state index contributed by atoms with van der Waals surface area (Å²) in [6, 6.07) is 1.88. The Balaban J connectivity index is 2.20. The monoisotopic (exact) mass is 285 g/mol. The maximum Gasteiger partial charge on any atom is 0.296 e. The van der Waals surface area contributed by atoms with Crippen molar-refractivity contribution in [3.63, 3.8) is 0 Å². The normalized spacial score (nSPS) is 21.5. The Labute approximate surface area is 119 Å². The molecule has 4 rings (SSSR count). The van der Waals surface area contributed by atoms with E-state index in [9.17, 15) is 14.0 Å². The van der Waals surface area contributed by atoms with E-state index in [0.29, 0.717) is 28.8 Å². The van der Waals surface area contributed by atoms with Gasteiger partial charge in [-0.2, -0.15) is 5.10 Å². The summed E-state index contributed by atoms with van der Waals surface area (Å²) in [4.78, 5) is 24.7. The van der Waals surface area contributed by atoms with Crippen molar-refractivity contribution in [3.8, 4) is 0 Å². The van der Waals surface area contributed by atoms with Crippen LogP contribution in [0.2, 0.25) is 0 Å². The minimum Gasteiger partial charge on any atom is -0.371 e. The van der Waals surface area contributed by atoms with Gasteiger partial charge in [0.15, 0.2) is 5.78 Å². The zero-order chi connectivity index (χ0) is 14.9. The number of hydrogen-bond acceptors (Lipinski definition) is 5. The number of benzene rings is 1. The number of Topliss-reactive ketones (excluding diaryl/α,β-unsaturated/α-hetero) is 1. The molecule has 0 saturated heterocycles. The predicted octanol–water partition coefficient (Wildman–Crippen LogP) is 1.75. The van der Waals surface area contributed by atoms with E-state index in [1.165, 1.54) is 6.07 Å². The molecule has 1 N–H and O–H groups in total. The molecule has 2 heterocycles. The number of aromatic nitrogens is 2. The first-order valence-corrected chi connectivity index (χ1v) is 6.72. The Morgan fingerprint density at radius 1 is 1.29 bits per heavy atom. The average Bonchev–Trinajstić information content (AvgIpc) is 2.72. The standard InChI is InChI=1S/C15H12FN3O2/c1-15(2)5-9-11-10-7(14(21)19-18-9)3-6(16)4-8(10)17-12(11)13(15)20/h3-4,12,17H,5H2,1-2H3. The molecule has 0 radical (unpaired) electrons. The lowest BCUT2D eigenvalue weighted by Crippen LogP contribution is -2.38. The maximum absolute atomic E-state index is 13.7. The van der Waals surface area contributed by atoms with Gasteiger partial charge in [-0.05, 0) is 12.1 Å². The van der Waals surface area contributed by atoms with Crippen LogP contribution >= 0.6 is 0 Å². The van der Waals surface area contributed by atoms with Gasteiger partial charge in [-0.3, -0.25) is 9.59 Å². The maximum atomic E-state index is 13.7. The third-order valence-corrected chi connectivity index (χ3v) is 4.30. The molecule has 0 spiro atoms. The molecule has 1 aromatic carbocycles. The van der Waals surface area contributed by atoms with Crippen LogP contribution in [0.1, 0.15) is 31.1 Å². The molecule has 2 aromatic rings. The summed E-state index contributed by atoms with van der Waals surface area (Å²) in [6.45, 7) is 3.68. The van der Waals surface area contributed by atoms with Gasteiger partial charge in [0, 0.05) is 28.5 Å². The van der Waals surface area contributed by atoms with Crippen LogP contribution in [-0.2, 0) is 11.2 Å². The first kappa shape index (κ1) is 12.4. The second-order valence-electron chi connectivity index (χ2n) is 6.24. The van der Waals surface area contributed by atoms with Crippen molar-refractivity contribution in [1.29, 1.82) is 0 Å². The second-order valence-corrected chi connectivity index (χ2v) is 6.24. The first-order valence-electron chi connectivity index (χ1n) is 6.72. The minimum absolute atomic E-state index is 0.0216. The molecule has 0 saturated carbocycles. The number of anilines is 1. The van der Waals surface area contributed by atoms with E-state index in [4.69, 9.17) is 0 Å². The fraction of sp³-hybridized carbons (Fsp3) is 0.333. The van der Waals surface area contributed by atoms with Crippen molar-refractivity contribution in [3.05, 3.63) is 39.6 Å². The van der Waals surface area contributed by atoms with Crippen molar-refractivity contribution in [1.82, 2.24) is 10.2 Å². The topological polar surface area (TPSA) is 72.0 Å². The number of halogens is 1. The fourth-order valence-corrected chi connectivity index (χ4v) is 3.30. The van der Waals surface area contributed by atoms with E-state index in [1.54, 1.807) is 0 Å². The molecule has 1 unspecified atom stereocenters. The molecule has 1 aliphatic carbocycles. The summed E-state index contributed by atoms with van der Waals surface area (Å²) in [7, 11) is 0. The first-order chi connectivity index (χ1) is 9.88. The van der Waals surface area contributed by atoms with E-state index >= 15 is 0 Å². The highest BCUT2D eigenvalue weighted by Gasteiger charge is 2.45. The Morgan fingerprint density at radius 3 is 2.81 bits per heavy atom. The number of nitrogens with one attached hydrogen (secondary N) is 1. The highest BCUT2D eigenvalue weighted by atomic mass is 19.1. The van der Waals surface area contributed by atoms with Crippen LogP contribution < -0.4 is 10.9 Å². The molecule has 106 valence electrons. The Morgan fingerprint density at radius 2 is 2.05 bits per heavy atom. The van der Waals surface area contributed by atoms with Gasteiger partial charge in [0.2, 0.25) is 0 Å². The third-order valence-electron chi connectivity index (χ3n) is 4.30. The SMILES string of the molecule is CC1(C)Cc2nnc(=O)c3cc(F)cc4c3c2C(N4)C1=O. The van der Waals surface area contributed by atoms with Crippen LogP contribution in [0.25, 0.3) is 10.8 Å². The average molecular weight is 285 g/mol. The lowest BCUT2D eigenvalue weighted by Gasteiger charge is -2.31. The van der Waals surface area contributed by atoms with Gasteiger partial charge < -0.3 is 5.32 Å². The minimum atomic E-state index is -0.594. The number of rotatable bonds is 0. The number of carbonyl (C=O) groups is 1. The summed E-state index contributed by atoms with van der Waals surface area (Å²) < 4.78 is 13.7. The van der Waals surface area contributed by atoms with E-state index < -0.39 is 22.8 Å². The van der Waals surface area contributed by atoms with Crippen LogP contribution in [0.4, 0.5) is 10.1 Å². The highest BCUT2D eigenvalue weighted by Crippen LogP contribution is 2.46. The molecule has 6 heteroatoms. The molecular weight excluding hydrogens is 273 g/mol. The van der Waals surface area contributed by atoms with Gasteiger partial charge in [0.05, 0.1) is 11.1 Å². The van der Waals surface area contributed by atoms with Gasteiger partial charge in [-0.25, -0.2) is 4.39 Å². The van der Waals surface area contributed by atoms with E-state index in [-0.39, 0.29) is 11.2 Å². The van der Waals surface area contributed by atoms with Crippen molar-refractivity contribution in [2.45, 2.75) is 26.3 Å². The van der Waals surface area contributed by atoms with Gasteiger partial charge >= 0.3 is 0 Å². The van der Waals surface area contributed by atoms with Gasteiger partial charge in [-0.15, -0.1) is 5.10 Å². The Hall–Kier alpha value is -2.37. The zero-order valence-electron chi connectivity index (χ0n) is 11.5. The lowest BCUT2D eigenvalue weighted by molar-refractivity contribution is -0.128. The van der Waals surface area contributed by atoms with Gasteiger partial charge in [0.25, 0.3) is 5.56 Å². The van der Waals surface area contributed by atoms with E-state index in [2.05, 4.69) is 15.5 Å². The molecule has 1 aromatic heterocycles. The third kappa shape index (κ3) is 1.50. The summed E-state index contributed by atoms with van der Waals surface area (Å²) in [5.74, 6) is -0.512. The molecule has 0 amide bonds. The highest BCUT2D eigenvalue weighted by molar-refractivity contribution is 6.08. The van der Waals surface area contributed by atoms with Crippen LogP contribution in [0.3, 0.4) is 0 Å². The molecule has 2 aliphatic rings. The number of hydrogen-bond donors (Lipinski definition) is 1. The molecule has 1 atom stereocenters. The van der Waals surface area contributed by atoms with Gasteiger partial charge in [0.1, 0.15) is 11.9 Å². The summed E-state index contributed by atoms with van der Waals surface area (Å²) in [5.41, 5.74) is 0.611. The molecule has 0 fully saturated rings. The van der Waals surface area contributed by atoms with Crippen molar-refractivity contribution in [2.24, 2.45) is 5.41 Å². The second kappa shape index (κ2) is 3.63. The lowest BCUT2D eigenvalue weighted by atomic mass is 9.73. The van der Waals surface area contributed by atoms with E-state index in [0.717, 1.165) is 6.07 Å². The van der Waals surface area contributed by atoms with Crippen molar-refractivity contribution < 1.29 is 9.18 Å². The quantitative estimate of drug-likeness (QED) is 0.798. The van der Waals surface area contributed by atoms with Gasteiger partial charge in [-0.1, -0.05) is 13.8 Å².